The molecule has 0 spiro atoms. The van der Waals surface area contributed by atoms with E-state index in [-0.39, 0.29) is 23.9 Å². The normalized spacial score (nSPS) is 15.0. The molecule has 4 nitrogen and oxygen atoms in total. The SMILES string of the molecule is CI.ClCc1ccccc1.OCCN1CSCSC1.OCC[N+]1(Cc2ccccc2)CSCSC1.[Cl-].[I][V]([I])[I].[I][V][I]. The number of rotatable bonds is 7. The van der Waals surface area contributed by atoms with E-state index in [9.17, 15) is 5.11 Å². The summed E-state index contributed by atoms with van der Waals surface area (Å²) < 4.78 is 1.01. The molecule has 2 saturated heterocycles. The van der Waals surface area contributed by atoms with Crippen LogP contribution >= 0.6 is 181 Å². The van der Waals surface area contributed by atoms with Crippen molar-refractivity contribution < 1.29 is 41.5 Å². The summed E-state index contributed by atoms with van der Waals surface area (Å²) in [5.41, 5.74) is 2.55. The van der Waals surface area contributed by atoms with Crippen LogP contribution in [0.3, 0.4) is 0 Å². The number of quaternary nitrogens is 1. The van der Waals surface area contributed by atoms with E-state index >= 15 is 0 Å². The summed E-state index contributed by atoms with van der Waals surface area (Å²) in [5, 5.41) is 20.2. The molecule has 0 unspecified atom stereocenters. The Hall–Kier alpha value is 5.81. The van der Waals surface area contributed by atoms with Gasteiger partial charge in [-0.1, -0.05) is 107 Å². The number of halogens is 8. The number of alkyl halides is 2. The quantitative estimate of drug-likeness (QED) is 0.166. The molecule has 43 heavy (non-hydrogen) atoms. The molecule has 0 aromatic heterocycles. The van der Waals surface area contributed by atoms with Crippen LogP contribution in [0, 0.1) is 0 Å². The number of β-amino-alcohol motifs (C(OH)–C–C–N with tert-alkyl or cyclic N) is 1. The molecule has 2 N–H and O–H groups in total. The maximum absolute atomic E-state index is 9.23. The molecule has 0 bridgehead atoms. The van der Waals surface area contributed by atoms with Crippen molar-refractivity contribution in [3.05, 3.63) is 71.8 Å². The van der Waals surface area contributed by atoms with Gasteiger partial charge < -0.3 is 27.1 Å². The van der Waals surface area contributed by atoms with Gasteiger partial charge in [0.2, 0.25) is 0 Å². The van der Waals surface area contributed by atoms with E-state index in [0.717, 1.165) is 47.6 Å². The first kappa shape index (κ1) is 53.2. The third kappa shape index (κ3) is 34.6. The van der Waals surface area contributed by atoms with Gasteiger partial charge in [0.05, 0.1) is 13.2 Å². The molecule has 251 valence electrons. The number of hydrogen-bond acceptors (Lipinski definition) is 7. The van der Waals surface area contributed by atoms with E-state index in [1.807, 2.05) is 82.3 Å². The fourth-order valence-corrected chi connectivity index (χ4v) is 8.21. The van der Waals surface area contributed by atoms with Crippen LogP contribution in [0.5, 0.6) is 0 Å². The molecule has 18 heteroatoms. The number of aliphatic hydroxyl groups excluding tert-OH is 2. The number of hydrogen-bond donors (Lipinski definition) is 2. The number of benzene rings is 2. The minimum atomic E-state index is -0.278. The molecule has 2 aliphatic heterocycles. The van der Waals surface area contributed by atoms with Gasteiger partial charge in [-0.25, -0.2) is 0 Å². The Kier molecular flexibility index (Phi) is 50.2. The minimum absolute atomic E-state index is 0. The fourth-order valence-electron chi connectivity index (χ4n) is 3.31. The molecule has 2 aromatic carbocycles. The van der Waals surface area contributed by atoms with Gasteiger partial charge in [-0.15, -0.1) is 35.1 Å². The van der Waals surface area contributed by atoms with Crippen LogP contribution in [0.15, 0.2) is 60.7 Å². The van der Waals surface area contributed by atoms with Crippen LogP contribution in [0.25, 0.3) is 0 Å². The summed E-state index contributed by atoms with van der Waals surface area (Å²) in [7, 11) is 0.628. The van der Waals surface area contributed by atoms with Crippen LogP contribution in [0.1, 0.15) is 11.1 Å². The predicted molar refractivity (Wildman–Crippen MR) is 242 cm³/mol. The first-order chi connectivity index (χ1) is 20.4. The fraction of sp³-hybridized carbons (Fsp3) is 0.520. The summed E-state index contributed by atoms with van der Waals surface area (Å²) in [4.78, 5) is 3.94. The Bertz CT molecular complexity index is 807. The van der Waals surface area contributed by atoms with Crippen molar-refractivity contribution >= 4 is 181 Å². The molecule has 2 aliphatic rings. The van der Waals surface area contributed by atoms with Crippen molar-refractivity contribution in [1.82, 2.24) is 4.90 Å². The molecular weight excluding hydrogens is 1420 g/mol. The molecule has 0 aliphatic carbocycles. The third-order valence-electron chi connectivity index (χ3n) is 4.96. The molecule has 4 rings (SSSR count). The van der Waals surface area contributed by atoms with Gasteiger partial charge in [-0.2, -0.15) is 0 Å². The van der Waals surface area contributed by atoms with Crippen molar-refractivity contribution in [2.75, 3.05) is 64.9 Å². The van der Waals surface area contributed by atoms with Crippen LogP contribution in [0.2, 0.25) is 0 Å². The first-order valence-corrected chi connectivity index (χ1v) is 42.0. The third-order valence-corrected chi connectivity index (χ3v) is 10.5. The number of nitrogens with zero attached hydrogens (tertiary/aromatic N) is 2. The average Bonchev–Trinajstić information content (AvgIpc) is 3.01. The molecule has 2 aromatic rings. The van der Waals surface area contributed by atoms with Crippen molar-refractivity contribution in [2.24, 2.45) is 0 Å². The van der Waals surface area contributed by atoms with Crippen LogP contribution in [0.4, 0.5) is 0 Å². The van der Waals surface area contributed by atoms with E-state index in [0.29, 0.717) is 22.0 Å². The Morgan fingerprint density at radius 3 is 1.60 bits per heavy atom. The molecule has 0 atom stereocenters. The van der Waals surface area contributed by atoms with Crippen molar-refractivity contribution in [3.8, 4) is 0 Å². The summed E-state index contributed by atoms with van der Waals surface area (Å²) in [6, 6.07) is 20.6. The van der Waals surface area contributed by atoms with Crippen molar-refractivity contribution in [3.63, 3.8) is 0 Å². The summed E-state index contributed by atoms with van der Waals surface area (Å²) in [6.45, 7) is 3.32. The van der Waals surface area contributed by atoms with Crippen molar-refractivity contribution in [1.29, 1.82) is 0 Å². The number of thioether (sulfide) groups is 4. The molecule has 0 saturated carbocycles. The maximum atomic E-state index is 9.23. The average molecular weight is 1460 g/mol. The zero-order chi connectivity index (χ0) is 31.9. The molecule has 2 heterocycles. The summed E-state index contributed by atoms with van der Waals surface area (Å²) in [6.07, 6.45) is 0. The number of aliphatic hydroxyl groups is 2. The van der Waals surface area contributed by atoms with E-state index < -0.39 is 0 Å². The Balaban J connectivity index is -0.000000510. The van der Waals surface area contributed by atoms with E-state index in [4.69, 9.17) is 16.7 Å². The zero-order valence-electron chi connectivity index (χ0n) is 23.6. The summed E-state index contributed by atoms with van der Waals surface area (Å²) in [5.74, 6) is 5.05. The molecule has 0 amide bonds. The van der Waals surface area contributed by atoms with Gasteiger partial charge in [-0.3, -0.25) is 4.90 Å². The topological polar surface area (TPSA) is 43.7 Å². The van der Waals surface area contributed by atoms with Gasteiger partial charge in [0.15, 0.2) is 0 Å². The standard InChI is InChI=1S/C12H18NOS2.C7H7Cl.C5H11NOS2.CH3I.ClH.5HI.2V/c14-7-6-13(9-15-11-16-10-13)8-12-4-2-1-3-5-12;8-6-7-4-2-1-3-5-7;7-2-1-6-3-8-5-9-4-6;1-2;;;;;;;;/h1-5,14H,6-11H2;1-5H,6H2;7H,1-5H2;1H3;6*1H;;/q+1;;;;;;;;;;+2;+3/p-6. The Labute approximate surface area is 369 Å². The van der Waals surface area contributed by atoms with E-state index in [1.165, 1.54) is 21.3 Å². The van der Waals surface area contributed by atoms with E-state index in [1.54, 1.807) is 0 Å². The van der Waals surface area contributed by atoms with Gasteiger partial charge in [-0.05, 0) is 10.5 Å². The first-order valence-electron chi connectivity index (χ1n) is 12.2. The van der Waals surface area contributed by atoms with Crippen LogP contribution in [-0.4, -0.2) is 84.5 Å². The molecule has 2 fully saturated rings. The van der Waals surface area contributed by atoms with Gasteiger partial charge in [0.1, 0.15) is 24.8 Å². The predicted octanol–water partition coefficient (Wildman–Crippen LogP) is 7.89. The van der Waals surface area contributed by atoms with Crippen molar-refractivity contribution in [2.45, 2.75) is 12.4 Å². The Morgan fingerprint density at radius 1 is 0.814 bits per heavy atom. The Morgan fingerprint density at radius 2 is 1.23 bits per heavy atom. The van der Waals surface area contributed by atoms with Crippen LogP contribution in [-0.2, 0) is 26.8 Å². The van der Waals surface area contributed by atoms with Gasteiger partial charge in [0, 0.05) is 39.9 Å². The molecular formula is C25H39Cl2I6N2O2S4V2. The van der Waals surface area contributed by atoms with Crippen LogP contribution < -0.4 is 12.4 Å². The van der Waals surface area contributed by atoms with Gasteiger partial charge in [0.25, 0.3) is 0 Å². The molecule has 0 radical (unpaired) electrons. The second-order valence-corrected chi connectivity index (χ2v) is 60.0. The second-order valence-electron chi connectivity index (χ2n) is 7.99. The van der Waals surface area contributed by atoms with Gasteiger partial charge >= 0.3 is 114 Å². The second kappa shape index (κ2) is 40.6. The monoisotopic (exact) mass is 1460 g/mol. The zero-order valence-corrected chi connectivity index (χ0v) is 44.1. The summed E-state index contributed by atoms with van der Waals surface area (Å²) >= 11 is 27.6. The van der Waals surface area contributed by atoms with E-state index in [2.05, 4.69) is 158 Å².